The number of halogens is 2. The first-order valence-corrected chi connectivity index (χ1v) is 8.16. The molecule has 0 saturated heterocycles. The Morgan fingerprint density at radius 3 is 2.96 bits per heavy atom. The molecule has 0 aliphatic rings. The molecule has 0 bridgehead atoms. The predicted molar refractivity (Wildman–Crippen MR) is 88.4 cm³/mol. The molecular weight excluding hydrogens is 344 g/mol. The fourth-order valence-electron chi connectivity index (χ4n) is 2.29. The van der Waals surface area contributed by atoms with Crippen molar-refractivity contribution in [1.29, 1.82) is 0 Å². The molecule has 0 unspecified atom stereocenters. The predicted octanol–water partition coefficient (Wildman–Crippen LogP) is 2.66. The molecule has 1 amide bonds. The molecule has 0 radical (unpaired) electrons. The van der Waals surface area contributed by atoms with Crippen molar-refractivity contribution in [2.24, 2.45) is 0 Å². The average molecular weight is 361 g/mol. The third-order valence-corrected chi connectivity index (χ3v) is 3.63. The quantitative estimate of drug-likeness (QED) is 0.654. The van der Waals surface area contributed by atoms with Gasteiger partial charge in [0.25, 0.3) is 5.89 Å². The zero-order chi connectivity index (χ0) is 18.5. The minimum atomic E-state index is -0.741. The highest BCUT2D eigenvalue weighted by atomic mass is 19.1. The van der Waals surface area contributed by atoms with E-state index in [2.05, 4.69) is 20.6 Å². The van der Waals surface area contributed by atoms with Gasteiger partial charge in [0.15, 0.2) is 11.6 Å². The third kappa shape index (κ3) is 4.11. The van der Waals surface area contributed by atoms with Gasteiger partial charge in [-0.15, -0.1) is 0 Å². The minimum absolute atomic E-state index is 0.00788. The topological polar surface area (TPSA) is 85.8 Å². The van der Waals surface area contributed by atoms with Gasteiger partial charge >= 0.3 is 0 Å². The first-order valence-electron chi connectivity index (χ1n) is 8.16. The largest absolute Gasteiger partial charge is 0.356 e. The molecule has 3 aromatic rings. The fraction of sp³-hybridized carbons (Fsp3) is 0.294. The van der Waals surface area contributed by atoms with Crippen molar-refractivity contribution in [1.82, 2.24) is 25.2 Å². The Morgan fingerprint density at radius 1 is 1.35 bits per heavy atom. The Balaban J connectivity index is 1.70. The van der Waals surface area contributed by atoms with Gasteiger partial charge in [-0.2, -0.15) is 10.1 Å². The van der Waals surface area contributed by atoms with E-state index in [-0.39, 0.29) is 29.7 Å². The molecule has 1 aromatic carbocycles. The Morgan fingerprint density at radius 2 is 2.19 bits per heavy atom. The lowest BCUT2D eigenvalue weighted by Gasteiger charge is -2.02. The average Bonchev–Trinajstić information content (AvgIpc) is 3.24. The van der Waals surface area contributed by atoms with E-state index < -0.39 is 11.6 Å². The molecule has 0 aliphatic heterocycles. The van der Waals surface area contributed by atoms with Crippen LogP contribution in [0.15, 0.2) is 35.1 Å². The summed E-state index contributed by atoms with van der Waals surface area (Å²) in [5, 5.41) is 10.6. The second kappa shape index (κ2) is 7.85. The summed E-state index contributed by atoms with van der Waals surface area (Å²) in [6.45, 7) is 2.64. The fourth-order valence-corrected chi connectivity index (χ4v) is 2.29. The van der Waals surface area contributed by atoms with Gasteiger partial charge in [0.05, 0.1) is 18.2 Å². The van der Waals surface area contributed by atoms with Gasteiger partial charge in [0, 0.05) is 18.8 Å². The van der Waals surface area contributed by atoms with Crippen LogP contribution in [0.4, 0.5) is 8.78 Å². The van der Waals surface area contributed by atoms with E-state index in [9.17, 15) is 13.6 Å². The van der Waals surface area contributed by atoms with E-state index in [0.717, 1.165) is 25.0 Å². The molecule has 0 saturated carbocycles. The Hall–Kier alpha value is -3.10. The number of unbranched alkanes of at least 4 members (excludes halogenated alkanes) is 1. The van der Waals surface area contributed by atoms with Crippen molar-refractivity contribution in [2.45, 2.75) is 26.2 Å². The normalized spacial score (nSPS) is 10.9. The highest BCUT2D eigenvalue weighted by Gasteiger charge is 2.15. The molecule has 26 heavy (non-hydrogen) atoms. The molecule has 0 aliphatic carbocycles. The summed E-state index contributed by atoms with van der Waals surface area (Å²) >= 11 is 0. The Labute approximate surface area is 148 Å². The highest BCUT2D eigenvalue weighted by molar-refractivity contribution is 5.77. The van der Waals surface area contributed by atoms with Crippen molar-refractivity contribution in [3.63, 3.8) is 0 Å². The van der Waals surface area contributed by atoms with Crippen LogP contribution in [0.1, 0.15) is 25.6 Å². The van der Waals surface area contributed by atoms with Crippen LogP contribution in [-0.4, -0.2) is 32.4 Å². The van der Waals surface area contributed by atoms with Crippen LogP contribution in [-0.2, 0) is 11.2 Å². The van der Waals surface area contributed by atoms with Crippen LogP contribution < -0.4 is 5.32 Å². The van der Waals surface area contributed by atoms with Crippen molar-refractivity contribution in [3.8, 4) is 17.1 Å². The van der Waals surface area contributed by atoms with Crippen LogP contribution in [0.2, 0.25) is 0 Å². The number of rotatable bonds is 7. The summed E-state index contributed by atoms with van der Waals surface area (Å²) in [5.74, 6) is -1.19. The number of nitrogens with zero attached hydrogens (tertiary/aromatic N) is 4. The van der Waals surface area contributed by atoms with Crippen LogP contribution in [0.5, 0.6) is 0 Å². The number of hydrogen-bond donors (Lipinski definition) is 1. The van der Waals surface area contributed by atoms with Gasteiger partial charge in [-0.1, -0.05) is 18.5 Å². The first-order chi connectivity index (χ1) is 12.6. The van der Waals surface area contributed by atoms with E-state index in [0.29, 0.717) is 12.1 Å². The van der Waals surface area contributed by atoms with E-state index in [1.54, 1.807) is 0 Å². The Bertz CT molecular complexity index is 906. The number of hydrogen-bond acceptors (Lipinski definition) is 5. The van der Waals surface area contributed by atoms with Gasteiger partial charge < -0.3 is 9.84 Å². The van der Waals surface area contributed by atoms with Crippen LogP contribution in [0.3, 0.4) is 0 Å². The number of carbonyl (C=O) groups excluding carboxylic acids is 1. The molecule has 1 N–H and O–H groups in total. The van der Waals surface area contributed by atoms with Crippen molar-refractivity contribution < 1.29 is 18.1 Å². The Kier molecular flexibility index (Phi) is 5.35. The molecule has 0 fully saturated rings. The number of nitrogens with one attached hydrogen (secondary N) is 1. The zero-order valence-corrected chi connectivity index (χ0v) is 14.1. The van der Waals surface area contributed by atoms with Gasteiger partial charge in [0.1, 0.15) is 11.5 Å². The molecule has 0 atom stereocenters. The van der Waals surface area contributed by atoms with Crippen LogP contribution >= 0.6 is 0 Å². The maximum atomic E-state index is 13.8. The molecule has 136 valence electrons. The third-order valence-electron chi connectivity index (χ3n) is 3.63. The van der Waals surface area contributed by atoms with Gasteiger partial charge in [0.2, 0.25) is 5.91 Å². The summed E-state index contributed by atoms with van der Waals surface area (Å²) in [6.07, 6.45) is 4.80. The van der Waals surface area contributed by atoms with Crippen molar-refractivity contribution in [3.05, 3.63) is 48.1 Å². The molecule has 2 aromatic heterocycles. The lowest BCUT2D eigenvalue weighted by molar-refractivity contribution is -0.120. The first kappa shape index (κ1) is 17.7. The monoisotopic (exact) mass is 361 g/mol. The molecule has 7 nitrogen and oxygen atoms in total. The SMILES string of the molecule is CCCCNC(=O)Cc1noc(-c2cnn(-c3ccc(F)cc3F)c2)n1. The van der Waals surface area contributed by atoms with Gasteiger partial charge in [-0.3, -0.25) is 4.79 Å². The number of carbonyl (C=O) groups is 1. The summed E-state index contributed by atoms with van der Waals surface area (Å²) in [4.78, 5) is 15.9. The standard InChI is InChI=1S/C17H17F2N5O2/c1-2-3-6-20-16(25)8-15-22-17(26-23-15)11-9-21-24(10-11)14-5-4-12(18)7-13(14)19/h4-5,7,9-10H,2-3,6,8H2,1H3,(H,20,25). The molecule has 2 heterocycles. The van der Waals surface area contributed by atoms with E-state index in [1.165, 1.54) is 23.1 Å². The number of amides is 1. The zero-order valence-electron chi connectivity index (χ0n) is 14.1. The summed E-state index contributed by atoms with van der Waals surface area (Å²) < 4.78 is 33.2. The van der Waals surface area contributed by atoms with Crippen LogP contribution in [0.25, 0.3) is 17.1 Å². The molecule has 3 rings (SSSR count). The summed E-state index contributed by atoms with van der Waals surface area (Å²) in [7, 11) is 0. The van der Waals surface area contributed by atoms with Crippen LogP contribution in [0, 0.1) is 11.6 Å². The molecule has 0 spiro atoms. The van der Waals surface area contributed by atoms with E-state index >= 15 is 0 Å². The van der Waals surface area contributed by atoms with Gasteiger partial charge in [-0.25, -0.2) is 13.5 Å². The summed E-state index contributed by atoms with van der Waals surface area (Å²) in [5.41, 5.74) is 0.548. The molecular formula is C17H17F2N5O2. The second-order valence-electron chi connectivity index (χ2n) is 5.67. The smallest absolute Gasteiger partial charge is 0.261 e. The van der Waals surface area contributed by atoms with E-state index in [1.807, 2.05) is 6.92 Å². The number of aromatic nitrogens is 4. The minimum Gasteiger partial charge on any atom is -0.356 e. The van der Waals surface area contributed by atoms with E-state index in [4.69, 9.17) is 4.52 Å². The van der Waals surface area contributed by atoms with Gasteiger partial charge in [-0.05, 0) is 18.6 Å². The highest BCUT2D eigenvalue weighted by Crippen LogP contribution is 2.20. The maximum absolute atomic E-state index is 13.8. The summed E-state index contributed by atoms with van der Waals surface area (Å²) in [6, 6.07) is 3.20. The second-order valence-corrected chi connectivity index (χ2v) is 5.67. The lowest BCUT2D eigenvalue weighted by atomic mass is 10.3. The van der Waals surface area contributed by atoms with Crippen molar-refractivity contribution >= 4 is 5.91 Å². The number of benzene rings is 1. The molecule has 9 heteroatoms. The van der Waals surface area contributed by atoms with Crippen molar-refractivity contribution in [2.75, 3.05) is 6.54 Å². The lowest BCUT2D eigenvalue weighted by Crippen LogP contribution is -2.26. The maximum Gasteiger partial charge on any atom is 0.261 e.